The SMILES string of the molecule is COC(=O)OC(C)Oc1c2n(ccc1=O)N(Cc1ccc(O)cc1)CN(C(C)C)C2=O. The van der Waals surface area contributed by atoms with Gasteiger partial charge < -0.3 is 24.2 Å². The minimum atomic E-state index is -1.15. The van der Waals surface area contributed by atoms with Crippen LogP contribution in [-0.4, -0.2) is 52.9 Å². The normalized spacial score (nSPS) is 14.3. The van der Waals surface area contributed by atoms with E-state index in [1.54, 1.807) is 33.8 Å². The Bertz CT molecular complexity index is 1020. The Kier molecular flexibility index (Phi) is 6.38. The van der Waals surface area contributed by atoms with Gasteiger partial charge in [-0.2, -0.15) is 0 Å². The number of aromatic nitrogens is 1. The van der Waals surface area contributed by atoms with Crippen molar-refractivity contribution in [3.63, 3.8) is 0 Å². The molecule has 10 nitrogen and oxygen atoms in total. The number of fused-ring (bicyclic) bond motifs is 1. The van der Waals surface area contributed by atoms with Crippen LogP contribution in [0.5, 0.6) is 11.5 Å². The lowest BCUT2D eigenvalue weighted by atomic mass is 10.2. The Hall–Kier alpha value is -3.69. The van der Waals surface area contributed by atoms with Crippen LogP contribution in [0.15, 0.2) is 41.3 Å². The van der Waals surface area contributed by atoms with E-state index in [0.717, 1.165) is 12.7 Å². The molecule has 2 heterocycles. The molecule has 0 bridgehead atoms. The molecule has 1 unspecified atom stereocenters. The highest BCUT2D eigenvalue weighted by molar-refractivity contribution is 5.96. The number of amides is 1. The lowest BCUT2D eigenvalue weighted by molar-refractivity contribution is -0.0484. The van der Waals surface area contributed by atoms with Gasteiger partial charge >= 0.3 is 6.16 Å². The van der Waals surface area contributed by atoms with Crippen molar-refractivity contribution in [3.05, 3.63) is 58.0 Å². The second kappa shape index (κ2) is 8.99. The fourth-order valence-electron chi connectivity index (χ4n) is 3.21. The number of methoxy groups -OCH3 is 1. The summed E-state index contributed by atoms with van der Waals surface area (Å²) in [5.41, 5.74) is 0.409. The van der Waals surface area contributed by atoms with E-state index in [1.165, 1.54) is 19.2 Å². The number of carbonyl (C=O) groups excluding carboxylic acids is 2. The lowest BCUT2D eigenvalue weighted by Crippen LogP contribution is -2.56. The van der Waals surface area contributed by atoms with Crippen molar-refractivity contribution in [1.29, 1.82) is 0 Å². The average Bonchev–Trinajstić information content (AvgIpc) is 2.72. The van der Waals surface area contributed by atoms with E-state index >= 15 is 0 Å². The highest BCUT2D eigenvalue weighted by Gasteiger charge is 2.35. The second-order valence-electron chi connectivity index (χ2n) is 7.30. The van der Waals surface area contributed by atoms with Gasteiger partial charge in [-0.3, -0.25) is 19.3 Å². The van der Waals surface area contributed by atoms with E-state index in [4.69, 9.17) is 9.47 Å². The third kappa shape index (κ3) is 4.73. The van der Waals surface area contributed by atoms with Crippen LogP contribution in [-0.2, 0) is 16.0 Å². The summed E-state index contributed by atoms with van der Waals surface area (Å²) in [5, 5.41) is 11.4. The predicted octanol–water partition coefficient (Wildman–Crippen LogP) is 2.02. The lowest BCUT2D eigenvalue weighted by Gasteiger charge is -2.41. The molecule has 1 aliphatic rings. The predicted molar refractivity (Wildman–Crippen MR) is 110 cm³/mol. The van der Waals surface area contributed by atoms with Crippen LogP contribution in [0.2, 0.25) is 0 Å². The van der Waals surface area contributed by atoms with Crippen molar-refractivity contribution in [1.82, 2.24) is 9.58 Å². The number of rotatable bonds is 6. The average molecular weight is 431 g/mol. The maximum atomic E-state index is 13.2. The van der Waals surface area contributed by atoms with Gasteiger partial charge in [0.2, 0.25) is 17.5 Å². The second-order valence-corrected chi connectivity index (χ2v) is 7.30. The molecule has 0 fully saturated rings. The van der Waals surface area contributed by atoms with E-state index in [1.807, 2.05) is 18.9 Å². The monoisotopic (exact) mass is 431 g/mol. The van der Waals surface area contributed by atoms with E-state index in [2.05, 4.69) is 4.74 Å². The molecule has 1 amide bonds. The highest BCUT2D eigenvalue weighted by Crippen LogP contribution is 2.25. The number of carbonyl (C=O) groups is 2. The first-order chi connectivity index (χ1) is 14.7. The largest absolute Gasteiger partial charge is 0.511 e. The number of benzene rings is 1. The zero-order chi connectivity index (χ0) is 22.7. The topological polar surface area (TPSA) is 111 Å². The van der Waals surface area contributed by atoms with Crippen molar-refractivity contribution < 1.29 is 28.9 Å². The van der Waals surface area contributed by atoms with Crippen LogP contribution in [0.1, 0.15) is 36.8 Å². The van der Waals surface area contributed by atoms with Crippen LogP contribution in [0.3, 0.4) is 0 Å². The van der Waals surface area contributed by atoms with Crippen LogP contribution in [0.25, 0.3) is 0 Å². The van der Waals surface area contributed by atoms with Gasteiger partial charge in [-0.05, 0) is 31.5 Å². The van der Waals surface area contributed by atoms with Crippen LogP contribution < -0.4 is 15.2 Å². The molecule has 1 aliphatic heterocycles. The third-order valence-corrected chi connectivity index (χ3v) is 4.76. The van der Waals surface area contributed by atoms with Crippen molar-refractivity contribution in [2.24, 2.45) is 0 Å². The van der Waals surface area contributed by atoms with Crippen LogP contribution in [0, 0.1) is 0 Å². The summed E-state index contributed by atoms with van der Waals surface area (Å²) in [4.78, 5) is 38.8. The van der Waals surface area contributed by atoms with Gasteiger partial charge in [0, 0.05) is 25.2 Å². The highest BCUT2D eigenvalue weighted by atomic mass is 16.8. The first-order valence-electron chi connectivity index (χ1n) is 9.72. The first kappa shape index (κ1) is 22.0. The van der Waals surface area contributed by atoms with Gasteiger partial charge in [-0.15, -0.1) is 0 Å². The van der Waals surface area contributed by atoms with Crippen molar-refractivity contribution in [2.75, 3.05) is 18.8 Å². The molecule has 10 heteroatoms. The number of phenols is 1. The zero-order valence-electron chi connectivity index (χ0n) is 17.8. The van der Waals surface area contributed by atoms with Crippen LogP contribution >= 0.6 is 0 Å². The van der Waals surface area contributed by atoms with Crippen molar-refractivity contribution >= 4 is 12.1 Å². The standard InChI is InChI=1S/C21H25N3O7/c1-13(2)23-12-22(11-15-5-7-16(25)8-6-15)24-10-9-17(26)19(18(24)20(23)27)30-14(3)31-21(28)29-4/h5-10,13-14,25H,11-12H2,1-4H3. The van der Waals surface area contributed by atoms with E-state index < -0.39 is 17.9 Å². The molecule has 1 N–H and O–H groups in total. The van der Waals surface area contributed by atoms with Crippen LogP contribution in [0.4, 0.5) is 4.79 Å². The van der Waals surface area contributed by atoms with Gasteiger partial charge in [0.05, 0.1) is 13.7 Å². The Balaban J connectivity index is 2.02. The minimum Gasteiger partial charge on any atom is -0.508 e. The Labute approximate surface area is 179 Å². The molecule has 3 rings (SSSR count). The number of nitrogens with zero attached hydrogens (tertiary/aromatic N) is 3. The summed E-state index contributed by atoms with van der Waals surface area (Å²) >= 11 is 0. The number of pyridine rings is 1. The summed E-state index contributed by atoms with van der Waals surface area (Å²) < 4.78 is 16.5. The fourth-order valence-corrected chi connectivity index (χ4v) is 3.21. The molecular formula is C21H25N3O7. The number of hydrogen-bond acceptors (Lipinski definition) is 8. The summed E-state index contributed by atoms with van der Waals surface area (Å²) in [6.07, 6.45) is -0.617. The van der Waals surface area contributed by atoms with Gasteiger partial charge in [0.25, 0.3) is 5.91 Å². The van der Waals surface area contributed by atoms with E-state index in [-0.39, 0.29) is 35.8 Å². The number of hydrogen-bond donors (Lipinski definition) is 1. The van der Waals surface area contributed by atoms with E-state index in [0.29, 0.717) is 6.54 Å². The molecule has 1 aromatic heterocycles. The first-order valence-corrected chi connectivity index (χ1v) is 9.72. The molecular weight excluding hydrogens is 406 g/mol. The number of aromatic hydroxyl groups is 1. The molecule has 1 aromatic carbocycles. The number of ether oxygens (including phenoxy) is 3. The van der Waals surface area contributed by atoms with Gasteiger partial charge in [0.15, 0.2) is 5.69 Å². The van der Waals surface area contributed by atoms with Gasteiger partial charge in [-0.25, -0.2) is 4.79 Å². The molecule has 0 aliphatic carbocycles. The van der Waals surface area contributed by atoms with Crippen molar-refractivity contribution in [3.8, 4) is 11.5 Å². The molecule has 2 aromatic rings. The Morgan fingerprint density at radius 3 is 2.42 bits per heavy atom. The van der Waals surface area contributed by atoms with Gasteiger partial charge in [0.1, 0.15) is 12.4 Å². The molecule has 0 spiro atoms. The fraction of sp³-hybridized carbons (Fsp3) is 0.381. The third-order valence-electron chi connectivity index (χ3n) is 4.76. The summed E-state index contributed by atoms with van der Waals surface area (Å²) in [7, 11) is 1.15. The van der Waals surface area contributed by atoms with Gasteiger partial charge in [-0.1, -0.05) is 12.1 Å². The van der Waals surface area contributed by atoms with Crippen molar-refractivity contribution in [2.45, 2.75) is 39.6 Å². The summed E-state index contributed by atoms with van der Waals surface area (Å²) in [5.74, 6) is -0.444. The number of phenolic OH excluding ortho intramolecular Hbond substituents is 1. The molecule has 1 atom stereocenters. The molecule has 31 heavy (non-hydrogen) atoms. The quantitative estimate of drug-likeness (QED) is 0.546. The molecule has 0 saturated carbocycles. The molecule has 0 saturated heterocycles. The molecule has 0 radical (unpaired) electrons. The van der Waals surface area contributed by atoms with E-state index in [9.17, 15) is 19.5 Å². The summed E-state index contributed by atoms with van der Waals surface area (Å²) in [6.45, 7) is 5.84. The molecule has 166 valence electrons. The Morgan fingerprint density at radius 1 is 1.13 bits per heavy atom. The summed E-state index contributed by atoms with van der Waals surface area (Å²) in [6, 6.07) is 7.85. The zero-order valence-corrected chi connectivity index (χ0v) is 17.8. The maximum Gasteiger partial charge on any atom is 0.511 e. The smallest absolute Gasteiger partial charge is 0.508 e. The maximum absolute atomic E-state index is 13.2. The minimum absolute atomic E-state index is 0.0338. The Morgan fingerprint density at radius 2 is 1.81 bits per heavy atom.